The van der Waals surface area contributed by atoms with E-state index in [4.69, 9.17) is 0 Å². The third-order valence-electron chi connectivity index (χ3n) is 6.44. The molecule has 9 heteroatoms. The summed E-state index contributed by atoms with van der Waals surface area (Å²) in [6.07, 6.45) is 0.397. The third-order valence-corrected chi connectivity index (χ3v) is 6.44. The van der Waals surface area contributed by atoms with Gasteiger partial charge >= 0.3 is 0 Å². The Balaban J connectivity index is 1.77. The summed E-state index contributed by atoms with van der Waals surface area (Å²) in [5, 5.41) is 23.4. The standard InChI is InChI=1S/C25H26F2N6O/c1-5-17-19(26)7-6-15-8-16(34)9-18(20(15)17)22-21(27)23-24(32-31-22)25(30-14(4)29-23)33-11-12(2)28-10-13(33)3/h6-9,12-13,28,34H,5,10-11H2,1-4H3/t12-,13-/m0/s1. The van der Waals surface area contributed by atoms with Crippen LogP contribution in [0.25, 0.3) is 33.1 Å². The van der Waals surface area contributed by atoms with E-state index < -0.39 is 11.6 Å². The zero-order chi connectivity index (χ0) is 24.1. The van der Waals surface area contributed by atoms with Crippen LogP contribution < -0.4 is 10.2 Å². The minimum absolute atomic E-state index is 0.0526. The highest BCUT2D eigenvalue weighted by atomic mass is 19.1. The van der Waals surface area contributed by atoms with E-state index in [1.165, 1.54) is 18.2 Å². The summed E-state index contributed by atoms with van der Waals surface area (Å²) in [6.45, 7) is 9.15. The number of aromatic nitrogens is 4. The number of phenols is 1. The largest absolute Gasteiger partial charge is 0.508 e. The van der Waals surface area contributed by atoms with Crippen molar-refractivity contribution in [1.82, 2.24) is 25.5 Å². The molecule has 4 aromatic rings. The van der Waals surface area contributed by atoms with Crippen LogP contribution in [0.1, 0.15) is 32.2 Å². The highest BCUT2D eigenvalue weighted by Gasteiger charge is 2.28. The quantitative estimate of drug-likeness (QED) is 0.468. The fourth-order valence-corrected chi connectivity index (χ4v) is 4.77. The van der Waals surface area contributed by atoms with E-state index >= 15 is 4.39 Å². The molecule has 2 aromatic carbocycles. The smallest absolute Gasteiger partial charge is 0.179 e. The summed E-state index contributed by atoms with van der Waals surface area (Å²) in [7, 11) is 0. The average Bonchev–Trinajstić information content (AvgIpc) is 2.80. The Morgan fingerprint density at radius 2 is 1.91 bits per heavy atom. The number of piperazine rings is 1. The first kappa shape index (κ1) is 22.3. The van der Waals surface area contributed by atoms with Crippen molar-refractivity contribution < 1.29 is 13.9 Å². The summed E-state index contributed by atoms with van der Waals surface area (Å²) in [5.41, 5.74) is 0.952. The molecule has 176 valence electrons. The molecule has 7 nitrogen and oxygen atoms in total. The van der Waals surface area contributed by atoms with E-state index in [-0.39, 0.29) is 40.1 Å². The Labute approximate surface area is 195 Å². The molecule has 1 saturated heterocycles. The number of fused-ring (bicyclic) bond motifs is 2. The highest BCUT2D eigenvalue weighted by molar-refractivity contribution is 6.01. The Morgan fingerprint density at radius 3 is 2.68 bits per heavy atom. The molecule has 2 aromatic heterocycles. The molecule has 0 spiro atoms. The number of hydrogen-bond donors (Lipinski definition) is 2. The lowest BCUT2D eigenvalue weighted by Gasteiger charge is -2.38. The van der Waals surface area contributed by atoms with Gasteiger partial charge in [-0.2, -0.15) is 0 Å². The summed E-state index contributed by atoms with van der Waals surface area (Å²) < 4.78 is 30.7. The zero-order valence-corrected chi connectivity index (χ0v) is 19.5. The van der Waals surface area contributed by atoms with E-state index in [2.05, 4.69) is 44.2 Å². The third kappa shape index (κ3) is 3.60. The molecule has 34 heavy (non-hydrogen) atoms. The van der Waals surface area contributed by atoms with Gasteiger partial charge in [0.1, 0.15) is 28.6 Å². The fraction of sp³-hybridized carbons (Fsp3) is 0.360. The van der Waals surface area contributed by atoms with Crippen molar-refractivity contribution in [3.63, 3.8) is 0 Å². The Kier molecular flexibility index (Phi) is 5.51. The van der Waals surface area contributed by atoms with Crippen molar-refractivity contribution in [2.24, 2.45) is 0 Å². The predicted octanol–water partition coefficient (Wildman–Crippen LogP) is 4.28. The van der Waals surface area contributed by atoms with Crippen LogP contribution in [0, 0.1) is 18.6 Å². The maximum atomic E-state index is 16.1. The van der Waals surface area contributed by atoms with Crippen LogP contribution in [0.4, 0.5) is 14.6 Å². The van der Waals surface area contributed by atoms with Crippen LogP contribution in [0.3, 0.4) is 0 Å². The SMILES string of the molecule is CCc1c(F)ccc2cc(O)cc(-c3nnc4c(N5C[C@H](C)NC[C@@H]5C)nc(C)nc4c3F)c12. The van der Waals surface area contributed by atoms with Crippen LogP contribution in [0.5, 0.6) is 5.75 Å². The second-order valence-corrected chi connectivity index (χ2v) is 8.94. The molecule has 0 saturated carbocycles. The number of rotatable bonds is 3. The van der Waals surface area contributed by atoms with Gasteiger partial charge in [0, 0.05) is 30.7 Å². The van der Waals surface area contributed by atoms with Crippen LogP contribution in [-0.4, -0.2) is 50.4 Å². The minimum Gasteiger partial charge on any atom is -0.508 e. The van der Waals surface area contributed by atoms with Crippen LogP contribution >= 0.6 is 0 Å². The number of aromatic hydroxyl groups is 1. The molecule has 2 atom stereocenters. The molecule has 0 bridgehead atoms. The van der Waals surface area contributed by atoms with Gasteiger partial charge in [-0.1, -0.05) is 13.0 Å². The highest BCUT2D eigenvalue weighted by Crippen LogP contribution is 2.38. The van der Waals surface area contributed by atoms with Crippen LogP contribution in [-0.2, 0) is 6.42 Å². The second-order valence-electron chi connectivity index (χ2n) is 8.94. The maximum Gasteiger partial charge on any atom is 0.179 e. The number of benzene rings is 2. The van der Waals surface area contributed by atoms with Crippen molar-refractivity contribution in [3.8, 4) is 17.0 Å². The predicted molar refractivity (Wildman–Crippen MR) is 128 cm³/mol. The first-order chi connectivity index (χ1) is 16.3. The molecular formula is C25H26F2N6O. The van der Waals surface area contributed by atoms with Crippen molar-refractivity contribution in [2.45, 2.75) is 46.2 Å². The number of aryl methyl sites for hydroxylation is 2. The van der Waals surface area contributed by atoms with Gasteiger partial charge in [0.2, 0.25) is 0 Å². The Morgan fingerprint density at radius 1 is 1.12 bits per heavy atom. The molecule has 1 aliphatic rings. The maximum absolute atomic E-state index is 16.1. The van der Waals surface area contributed by atoms with Crippen LogP contribution in [0.2, 0.25) is 0 Å². The zero-order valence-electron chi connectivity index (χ0n) is 19.5. The van der Waals surface area contributed by atoms with Crippen molar-refractivity contribution in [2.75, 3.05) is 18.0 Å². The normalized spacial score (nSPS) is 18.7. The minimum atomic E-state index is -0.675. The number of phenolic OH excluding ortho intramolecular Hbond substituents is 1. The average molecular weight is 465 g/mol. The molecule has 2 N–H and O–H groups in total. The van der Waals surface area contributed by atoms with Gasteiger partial charge in [-0.3, -0.25) is 0 Å². The number of hydrogen-bond acceptors (Lipinski definition) is 7. The topological polar surface area (TPSA) is 87.1 Å². The Hall–Kier alpha value is -3.46. The summed E-state index contributed by atoms with van der Waals surface area (Å²) >= 11 is 0. The first-order valence-corrected chi connectivity index (χ1v) is 11.4. The second kappa shape index (κ2) is 8.39. The molecule has 3 heterocycles. The number of halogens is 2. The molecule has 5 rings (SSSR count). The number of anilines is 1. The summed E-state index contributed by atoms with van der Waals surface area (Å²) in [4.78, 5) is 11.0. The lowest BCUT2D eigenvalue weighted by Crippen LogP contribution is -2.54. The van der Waals surface area contributed by atoms with Gasteiger partial charge in [0.05, 0.1) is 0 Å². The molecular weight excluding hydrogens is 438 g/mol. The van der Waals surface area contributed by atoms with E-state index in [1.54, 1.807) is 13.0 Å². The van der Waals surface area contributed by atoms with E-state index in [9.17, 15) is 9.50 Å². The molecule has 0 amide bonds. The van der Waals surface area contributed by atoms with Gasteiger partial charge in [-0.25, -0.2) is 18.7 Å². The molecule has 0 aliphatic carbocycles. The molecule has 0 radical (unpaired) electrons. The van der Waals surface area contributed by atoms with Gasteiger partial charge in [0.15, 0.2) is 17.2 Å². The van der Waals surface area contributed by atoms with Crippen molar-refractivity contribution in [1.29, 1.82) is 0 Å². The summed E-state index contributed by atoms with van der Waals surface area (Å²) in [5.74, 6) is -0.174. The number of nitrogens with zero attached hydrogens (tertiary/aromatic N) is 5. The summed E-state index contributed by atoms with van der Waals surface area (Å²) in [6, 6.07) is 6.21. The lowest BCUT2D eigenvalue weighted by atomic mass is 9.94. The van der Waals surface area contributed by atoms with E-state index in [0.717, 1.165) is 6.54 Å². The molecule has 0 unspecified atom stereocenters. The van der Waals surface area contributed by atoms with Crippen LogP contribution in [0.15, 0.2) is 24.3 Å². The van der Waals surface area contributed by atoms with Crippen molar-refractivity contribution >= 4 is 27.6 Å². The lowest BCUT2D eigenvalue weighted by molar-refractivity contribution is 0.423. The fourth-order valence-electron chi connectivity index (χ4n) is 4.77. The monoisotopic (exact) mass is 464 g/mol. The molecule has 1 aliphatic heterocycles. The van der Waals surface area contributed by atoms with Gasteiger partial charge in [-0.15, -0.1) is 10.2 Å². The van der Waals surface area contributed by atoms with Crippen molar-refractivity contribution in [3.05, 3.63) is 47.3 Å². The van der Waals surface area contributed by atoms with Gasteiger partial charge in [-0.05, 0) is 61.7 Å². The Bertz CT molecular complexity index is 1430. The first-order valence-electron chi connectivity index (χ1n) is 11.4. The number of nitrogens with one attached hydrogen (secondary N) is 1. The van der Waals surface area contributed by atoms with E-state index in [0.29, 0.717) is 40.9 Å². The van der Waals surface area contributed by atoms with Gasteiger partial charge < -0.3 is 15.3 Å². The molecule has 1 fully saturated rings. The van der Waals surface area contributed by atoms with E-state index in [1.807, 2.05) is 6.92 Å². The van der Waals surface area contributed by atoms with Gasteiger partial charge in [0.25, 0.3) is 0 Å².